The van der Waals surface area contributed by atoms with E-state index in [1.807, 2.05) is 0 Å². The molecule has 1 heterocycles. The Hall–Kier alpha value is -1.42. The number of nitrogens with one attached hydrogen (secondary N) is 2. The van der Waals surface area contributed by atoms with Gasteiger partial charge >= 0.3 is 0 Å². The summed E-state index contributed by atoms with van der Waals surface area (Å²) in [7, 11) is 1.73. The number of ether oxygens (including phenoxy) is 1. The number of benzene rings is 1. The maximum atomic E-state index is 5.52. The van der Waals surface area contributed by atoms with Crippen molar-refractivity contribution >= 4 is 11.4 Å². The van der Waals surface area contributed by atoms with Crippen molar-refractivity contribution < 1.29 is 4.74 Å². The van der Waals surface area contributed by atoms with Crippen LogP contribution in [0, 0.1) is 0 Å². The Kier molecular flexibility index (Phi) is 4.20. The zero-order valence-electron chi connectivity index (χ0n) is 12.4. The van der Waals surface area contributed by atoms with Crippen LogP contribution in [-0.2, 0) is 0 Å². The van der Waals surface area contributed by atoms with Crippen molar-refractivity contribution in [1.82, 2.24) is 5.32 Å². The van der Waals surface area contributed by atoms with E-state index in [2.05, 4.69) is 54.5 Å². The fourth-order valence-corrected chi connectivity index (χ4v) is 2.31. The van der Waals surface area contributed by atoms with Crippen LogP contribution in [0.1, 0.15) is 20.8 Å². The summed E-state index contributed by atoms with van der Waals surface area (Å²) in [6, 6.07) is 6.41. The Morgan fingerprint density at radius 3 is 2.47 bits per heavy atom. The van der Waals surface area contributed by atoms with Gasteiger partial charge < -0.3 is 20.3 Å². The number of anilines is 2. The van der Waals surface area contributed by atoms with Crippen molar-refractivity contribution in [2.75, 3.05) is 43.5 Å². The standard InChI is InChI=1S/C15H25N3O/c1-15(2,3)17-13-6-5-12(11-14(13)19-4)18-9-7-16-8-10-18/h5-6,11,16-17H,7-10H2,1-4H3. The van der Waals surface area contributed by atoms with Gasteiger partial charge in [0, 0.05) is 43.5 Å². The van der Waals surface area contributed by atoms with E-state index in [0.29, 0.717) is 0 Å². The van der Waals surface area contributed by atoms with Crippen LogP contribution in [-0.4, -0.2) is 38.8 Å². The fraction of sp³-hybridized carbons (Fsp3) is 0.600. The molecule has 1 saturated heterocycles. The first kappa shape index (κ1) is 14.0. The van der Waals surface area contributed by atoms with Gasteiger partial charge in [-0.25, -0.2) is 0 Å². The van der Waals surface area contributed by atoms with Crippen LogP contribution < -0.4 is 20.3 Å². The molecule has 0 saturated carbocycles. The molecule has 2 N–H and O–H groups in total. The average molecular weight is 263 g/mol. The molecule has 1 aliphatic heterocycles. The number of hydrogen-bond donors (Lipinski definition) is 2. The first-order valence-electron chi connectivity index (χ1n) is 6.91. The maximum Gasteiger partial charge on any atom is 0.144 e. The van der Waals surface area contributed by atoms with Crippen molar-refractivity contribution in [3.63, 3.8) is 0 Å². The van der Waals surface area contributed by atoms with Gasteiger partial charge in [-0.2, -0.15) is 0 Å². The van der Waals surface area contributed by atoms with Gasteiger partial charge in [0.1, 0.15) is 5.75 Å². The van der Waals surface area contributed by atoms with E-state index in [0.717, 1.165) is 37.6 Å². The lowest BCUT2D eigenvalue weighted by molar-refractivity contribution is 0.415. The van der Waals surface area contributed by atoms with Gasteiger partial charge in [-0.3, -0.25) is 0 Å². The quantitative estimate of drug-likeness (QED) is 0.877. The van der Waals surface area contributed by atoms with E-state index in [1.165, 1.54) is 5.69 Å². The summed E-state index contributed by atoms with van der Waals surface area (Å²) in [6.07, 6.45) is 0. The first-order valence-corrected chi connectivity index (χ1v) is 6.91. The van der Waals surface area contributed by atoms with Gasteiger partial charge in [0.05, 0.1) is 12.8 Å². The molecular formula is C15H25N3O. The molecule has 0 aliphatic carbocycles. The molecule has 2 rings (SSSR count). The molecule has 0 radical (unpaired) electrons. The van der Waals surface area contributed by atoms with E-state index >= 15 is 0 Å². The minimum Gasteiger partial charge on any atom is -0.495 e. The highest BCUT2D eigenvalue weighted by molar-refractivity contribution is 5.65. The zero-order valence-corrected chi connectivity index (χ0v) is 12.4. The van der Waals surface area contributed by atoms with Crippen molar-refractivity contribution in [1.29, 1.82) is 0 Å². The molecular weight excluding hydrogens is 238 g/mol. The number of piperazine rings is 1. The molecule has 0 atom stereocenters. The number of methoxy groups -OCH3 is 1. The molecule has 1 aliphatic rings. The lowest BCUT2D eigenvalue weighted by Gasteiger charge is -2.30. The van der Waals surface area contributed by atoms with Crippen molar-refractivity contribution in [3.05, 3.63) is 18.2 Å². The summed E-state index contributed by atoms with van der Waals surface area (Å²) in [5.41, 5.74) is 2.32. The topological polar surface area (TPSA) is 36.5 Å². The number of nitrogens with zero attached hydrogens (tertiary/aromatic N) is 1. The van der Waals surface area contributed by atoms with Gasteiger partial charge in [0.25, 0.3) is 0 Å². The predicted octanol–water partition coefficient (Wildman–Crippen LogP) is 2.32. The summed E-state index contributed by atoms with van der Waals surface area (Å²) >= 11 is 0. The smallest absolute Gasteiger partial charge is 0.144 e. The summed E-state index contributed by atoms with van der Waals surface area (Å²) in [6.45, 7) is 10.6. The monoisotopic (exact) mass is 263 g/mol. The second kappa shape index (κ2) is 5.70. The van der Waals surface area contributed by atoms with Crippen LogP contribution in [0.3, 0.4) is 0 Å². The Balaban J connectivity index is 2.20. The second-order valence-electron chi connectivity index (χ2n) is 6.00. The van der Waals surface area contributed by atoms with Gasteiger partial charge in [0.15, 0.2) is 0 Å². The third-order valence-electron chi connectivity index (χ3n) is 3.18. The summed E-state index contributed by atoms with van der Waals surface area (Å²) in [4.78, 5) is 2.39. The molecule has 1 aromatic carbocycles. The highest BCUT2D eigenvalue weighted by atomic mass is 16.5. The molecule has 19 heavy (non-hydrogen) atoms. The van der Waals surface area contributed by atoms with Crippen LogP contribution in [0.4, 0.5) is 11.4 Å². The second-order valence-corrected chi connectivity index (χ2v) is 6.00. The van der Waals surface area contributed by atoms with Crippen LogP contribution in [0.15, 0.2) is 18.2 Å². The highest BCUT2D eigenvalue weighted by Crippen LogP contribution is 2.31. The molecule has 106 valence electrons. The van der Waals surface area contributed by atoms with Crippen molar-refractivity contribution in [2.24, 2.45) is 0 Å². The molecule has 4 heteroatoms. The van der Waals surface area contributed by atoms with Crippen LogP contribution in [0.2, 0.25) is 0 Å². The van der Waals surface area contributed by atoms with Gasteiger partial charge in [-0.1, -0.05) is 0 Å². The summed E-state index contributed by atoms with van der Waals surface area (Å²) in [5.74, 6) is 0.908. The third-order valence-corrected chi connectivity index (χ3v) is 3.18. The van der Waals surface area contributed by atoms with Crippen LogP contribution in [0.5, 0.6) is 5.75 Å². The Bertz CT molecular complexity index is 420. The number of rotatable bonds is 3. The van der Waals surface area contributed by atoms with Gasteiger partial charge in [0.2, 0.25) is 0 Å². The Morgan fingerprint density at radius 1 is 1.21 bits per heavy atom. The lowest BCUT2D eigenvalue weighted by atomic mass is 10.1. The largest absolute Gasteiger partial charge is 0.495 e. The highest BCUT2D eigenvalue weighted by Gasteiger charge is 2.16. The average Bonchev–Trinajstić information content (AvgIpc) is 2.38. The molecule has 0 spiro atoms. The van der Waals surface area contributed by atoms with E-state index in [9.17, 15) is 0 Å². The third kappa shape index (κ3) is 3.77. The van der Waals surface area contributed by atoms with Crippen molar-refractivity contribution in [2.45, 2.75) is 26.3 Å². The molecule has 0 amide bonds. The van der Waals surface area contributed by atoms with E-state index in [4.69, 9.17) is 4.74 Å². The molecule has 4 nitrogen and oxygen atoms in total. The minimum absolute atomic E-state index is 0.0316. The van der Waals surface area contributed by atoms with Crippen molar-refractivity contribution in [3.8, 4) is 5.75 Å². The summed E-state index contributed by atoms with van der Waals surface area (Å²) in [5, 5.41) is 6.85. The molecule has 0 aromatic heterocycles. The van der Waals surface area contributed by atoms with Crippen LogP contribution >= 0.6 is 0 Å². The summed E-state index contributed by atoms with van der Waals surface area (Å²) < 4.78 is 5.52. The Labute approximate surface area is 116 Å². The normalized spacial score (nSPS) is 16.3. The lowest BCUT2D eigenvalue weighted by Crippen LogP contribution is -2.43. The van der Waals surface area contributed by atoms with Gasteiger partial charge in [-0.15, -0.1) is 0 Å². The maximum absolute atomic E-state index is 5.52. The predicted molar refractivity (Wildman–Crippen MR) is 81.5 cm³/mol. The zero-order chi connectivity index (χ0) is 13.9. The first-order chi connectivity index (χ1) is 8.99. The minimum atomic E-state index is 0.0316. The van der Waals surface area contributed by atoms with E-state index < -0.39 is 0 Å². The van der Waals surface area contributed by atoms with E-state index in [-0.39, 0.29) is 5.54 Å². The molecule has 0 bridgehead atoms. The molecule has 1 fully saturated rings. The number of hydrogen-bond acceptors (Lipinski definition) is 4. The fourth-order valence-electron chi connectivity index (χ4n) is 2.31. The SMILES string of the molecule is COc1cc(N2CCNCC2)ccc1NC(C)(C)C. The Morgan fingerprint density at radius 2 is 1.89 bits per heavy atom. The van der Waals surface area contributed by atoms with Gasteiger partial charge in [-0.05, 0) is 32.9 Å². The van der Waals surface area contributed by atoms with Crippen LogP contribution in [0.25, 0.3) is 0 Å². The van der Waals surface area contributed by atoms with E-state index in [1.54, 1.807) is 7.11 Å². The molecule has 1 aromatic rings. The molecule has 0 unspecified atom stereocenters.